The number of aromatic nitrogens is 3. The van der Waals surface area contributed by atoms with Crippen molar-refractivity contribution in [3.8, 4) is 5.69 Å². The quantitative estimate of drug-likeness (QED) is 0.787. The summed E-state index contributed by atoms with van der Waals surface area (Å²) in [5.41, 5.74) is 3.26. The van der Waals surface area contributed by atoms with Gasteiger partial charge in [0.15, 0.2) is 0 Å². The molecule has 0 aliphatic heterocycles. The van der Waals surface area contributed by atoms with Crippen molar-refractivity contribution in [2.24, 2.45) is 0 Å². The lowest BCUT2D eigenvalue weighted by Crippen LogP contribution is -2.21. The van der Waals surface area contributed by atoms with E-state index >= 15 is 0 Å². The lowest BCUT2D eigenvalue weighted by Gasteiger charge is -2.18. The standard InChI is InChI=1S/C16H16N4/c1-17-16(13-6-5-10-18-12-13)15-9-11-19-20(15)14-7-3-2-4-8-14/h2-12,16-17H,1H3. The van der Waals surface area contributed by atoms with E-state index in [9.17, 15) is 0 Å². The fraction of sp³-hybridized carbons (Fsp3) is 0.125. The second kappa shape index (κ2) is 5.67. The first-order valence-electron chi connectivity index (χ1n) is 6.56. The Labute approximate surface area is 118 Å². The summed E-state index contributed by atoms with van der Waals surface area (Å²) in [4.78, 5) is 4.20. The maximum Gasteiger partial charge on any atom is 0.0765 e. The van der Waals surface area contributed by atoms with E-state index in [2.05, 4.69) is 21.5 Å². The van der Waals surface area contributed by atoms with E-state index in [1.807, 2.05) is 66.6 Å². The second-order valence-corrected chi connectivity index (χ2v) is 4.51. The molecule has 4 nitrogen and oxygen atoms in total. The zero-order valence-corrected chi connectivity index (χ0v) is 11.3. The first-order valence-corrected chi connectivity index (χ1v) is 6.56. The highest BCUT2D eigenvalue weighted by Crippen LogP contribution is 2.22. The zero-order chi connectivity index (χ0) is 13.8. The number of pyridine rings is 1. The fourth-order valence-corrected chi connectivity index (χ4v) is 2.35. The molecule has 4 heteroatoms. The van der Waals surface area contributed by atoms with Gasteiger partial charge in [-0.25, -0.2) is 4.68 Å². The van der Waals surface area contributed by atoms with Crippen LogP contribution in [0, 0.1) is 0 Å². The molecule has 0 spiro atoms. The van der Waals surface area contributed by atoms with Crippen LogP contribution in [-0.2, 0) is 0 Å². The van der Waals surface area contributed by atoms with Crippen LogP contribution in [0.25, 0.3) is 5.69 Å². The summed E-state index contributed by atoms with van der Waals surface area (Å²) in [6, 6.07) is 16.2. The van der Waals surface area contributed by atoms with Gasteiger partial charge in [0, 0.05) is 18.6 Å². The van der Waals surface area contributed by atoms with Gasteiger partial charge in [-0.1, -0.05) is 24.3 Å². The molecule has 1 unspecified atom stereocenters. The molecule has 20 heavy (non-hydrogen) atoms. The Hall–Kier alpha value is -2.46. The SMILES string of the molecule is CNC(c1cccnc1)c1ccnn1-c1ccccc1. The molecule has 0 saturated heterocycles. The molecule has 1 aromatic carbocycles. The van der Waals surface area contributed by atoms with Gasteiger partial charge in [0.1, 0.15) is 0 Å². The highest BCUT2D eigenvalue weighted by Gasteiger charge is 2.17. The van der Waals surface area contributed by atoms with Crippen molar-refractivity contribution in [2.75, 3.05) is 7.05 Å². The molecule has 1 atom stereocenters. The fourth-order valence-electron chi connectivity index (χ4n) is 2.35. The van der Waals surface area contributed by atoms with Crippen LogP contribution in [0.2, 0.25) is 0 Å². The van der Waals surface area contributed by atoms with Gasteiger partial charge in [-0.15, -0.1) is 0 Å². The molecule has 0 saturated carbocycles. The molecule has 0 radical (unpaired) electrons. The summed E-state index contributed by atoms with van der Waals surface area (Å²) in [5.74, 6) is 0. The van der Waals surface area contributed by atoms with Crippen LogP contribution in [0.4, 0.5) is 0 Å². The average molecular weight is 264 g/mol. The van der Waals surface area contributed by atoms with E-state index in [1.54, 1.807) is 6.20 Å². The molecule has 1 N–H and O–H groups in total. The third-order valence-electron chi connectivity index (χ3n) is 3.27. The Kier molecular flexibility index (Phi) is 3.56. The minimum absolute atomic E-state index is 0.0615. The van der Waals surface area contributed by atoms with Crippen molar-refractivity contribution in [3.05, 3.63) is 78.4 Å². The van der Waals surface area contributed by atoms with Gasteiger partial charge in [0.2, 0.25) is 0 Å². The number of hydrogen-bond acceptors (Lipinski definition) is 3. The summed E-state index contributed by atoms with van der Waals surface area (Å²) in [6.07, 6.45) is 5.48. The summed E-state index contributed by atoms with van der Waals surface area (Å²) in [5, 5.41) is 7.77. The van der Waals surface area contributed by atoms with Crippen LogP contribution in [0.3, 0.4) is 0 Å². The van der Waals surface area contributed by atoms with Gasteiger partial charge in [0.25, 0.3) is 0 Å². The first kappa shape index (κ1) is 12.6. The highest BCUT2D eigenvalue weighted by molar-refractivity contribution is 5.35. The van der Waals surface area contributed by atoms with E-state index in [0.717, 1.165) is 16.9 Å². The normalized spacial score (nSPS) is 12.2. The summed E-state index contributed by atoms with van der Waals surface area (Å²) >= 11 is 0. The highest BCUT2D eigenvalue weighted by atomic mass is 15.3. The van der Waals surface area contributed by atoms with E-state index < -0.39 is 0 Å². The van der Waals surface area contributed by atoms with Crippen molar-refractivity contribution >= 4 is 0 Å². The molecule has 100 valence electrons. The van der Waals surface area contributed by atoms with Crippen LogP contribution in [0.1, 0.15) is 17.3 Å². The topological polar surface area (TPSA) is 42.7 Å². The Morgan fingerprint density at radius 2 is 1.85 bits per heavy atom. The predicted octanol–water partition coefficient (Wildman–Crippen LogP) is 2.58. The monoisotopic (exact) mass is 264 g/mol. The molecule has 0 bridgehead atoms. The molecule has 2 aromatic heterocycles. The Morgan fingerprint density at radius 3 is 2.55 bits per heavy atom. The Balaban J connectivity index is 2.04. The first-order chi connectivity index (χ1) is 9.90. The number of benzene rings is 1. The van der Waals surface area contributed by atoms with Gasteiger partial charge < -0.3 is 5.32 Å². The van der Waals surface area contributed by atoms with Crippen LogP contribution in [0.5, 0.6) is 0 Å². The minimum atomic E-state index is 0.0615. The molecule has 0 aliphatic carbocycles. The van der Waals surface area contributed by atoms with Gasteiger partial charge >= 0.3 is 0 Å². The molecular weight excluding hydrogens is 248 g/mol. The number of nitrogens with one attached hydrogen (secondary N) is 1. The molecular formula is C16H16N4. The Morgan fingerprint density at radius 1 is 1.00 bits per heavy atom. The molecule has 0 fully saturated rings. The van der Waals surface area contributed by atoms with Crippen molar-refractivity contribution in [1.82, 2.24) is 20.1 Å². The summed E-state index contributed by atoms with van der Waals surface area (Å²) < 4.78 is 1.95. The molecule has 2 heterocycles. The maximum absolute atomic E-state index is 4.44. The summed E-state index contributed by atoms with van der Waals surface area (Å²) in [6.45, 7) is 0. The Bertz CT molecular complexity index is 661. The van der Waals surface area contributed by atoms with Crippen LogP contribution in [0.15, 0.2) is 67.1 Å². The van der Waals surface area contributed by atoms with Gasteiger partial charge in [-0.05, 0) is 36.9 Å². The molecule has 3 rings (SSSR count). The third-order valence-corrected chi connectivity index (χ3v) is 3.27. The molecule has 0 aliphatic rings. The second-order valence-electron chi connectivity index (χ2n) is 4.51. The minimum Gasteiger partial charge on any atom is -0.308 e. The lowest BCUT2D eigenvalue weighted by molar-refractivity contribution is 0.635. The van der Waals surface area contributed by atoms with Crippen LogP contribution < -0.4 is 5.32 Å². The van der Waals surface area contributed by atoms with Crippen molar-refractivity contribution < 1.29 is 0 Å². The van der Waals surface area contributed by atoms with Crippen molar-refractivity contribution in [3.63, 3.8) is 0 Å². The number of rotatable bonds is 4. The maximum atomic E-state index is 4.44. The number of hydrogen-bond donors (Lipinski definition) is 1. The largest absolute Gasteiger partial charge is 0.308 e. The van der Waals surface area contributed by atoms with E-state index in [1.165, 1.54) is 0 Å². The van der Waals surface area contributed by atoms with Gasteiger partial charge in [-0.2, -0.15) is 5.10 Å². The number of para-hydroxylation sites is 1. The van der Waals surface area contributed by atoms with E-state index in [4.69, 9.17) is 0 Å². The molecule has 0 amide bonds. The van der Waals surface area contributed by atoms with E-state index in [-0.39, 0.29) is 6.04 Å². The summed E-state index contributed by atoms with van der Waals surface area (Å²) in [7, 11) is 1.94. The van der Waals surface area contributed by atoms with Gasteiger partial charge in [0.05, 0.1) is 17.4 Å². The third kappa shape index (κ3) is 2.33. The van der Waals surface area contributed by atoms with Crippen molar-refractivity contribution in [1.29, 1.82) is 0 Å². The predicted molar refractivity (Wildman–Crippen MR) is 78.7 cm³/mol. The van der Waals surface area contributed by atoms with Crippen molar-refractivity contribution in [2.45, 2.75) is 6.04 Å². The van der Waals surface area contributed by atoms with Crippen LogP contribution >= 0.6 is 0 Å². The van der Waals surface area contributed by atoms with Gasteiger partial charge in [-0.3, -0.25) is 4.98 Å². The van der Waals surface area contributed by atoms with Crippen LogP contribution in [-0.4, -0.2) is 21.8 Å². The molecule has 3 aromatic rings. The van der Waals surface area contributed by atoms with E-state index in [0.29, 0.717) is 0 Å². The lowest BCUT2D eigenvalue weighted by atomic mass is 10.1. The smallest absolute Gasteiger partial charge is 0.0765 e. The number of nitrogens with zero attached hydrogens (tertiary/aromatic N) is 3. The average Bonchev–Trinajstić information content (AvgIpc) is 2.99. The zero-order valence-electron chi connectivity index (χ0n) is 11.3.